The van der Waals surface area contributed by atoms with Crippen molar-refractivity contribution in [3.8, 4) is 5.75 Å². The highest BCUT2D eigenvalue weighted by Crippen LogP contribution is 2.23. The molecule has 0 fully saturated rings. The molecule has 0 aromatic heterocycles. The van der Waals surface area contributed by atoms with Gasteiger partial charge in [0.2, 0.25) is 0 Å². The number of aryl methyl sites for hydroxylation is 1. The molecule has 2 heteroatoms. The Morgan fingerprint density at radius 1 is 1.33 bits per heavy atom. The highest BCUT2D eigenvalue weighted by molar-refractivity contribution is 5.37. The molecule has 0 aliphatic carbocycles. The first-order valence-corrected chi connectivity index (χ1v) is 5.49. The van der Waals surface area contributed by atoms with Crippen molar-refractivity contribution in [2.45, 2.75) is 46.3 Å². The van der Waals surface area contributed by atoms with Gasteiger partial charge in [0, 0.05) is 0 Å². The van der Waals surface area contributed by atoms with Crippen molar-refractivity contribution in [3.63, 3.8) is 0 Å². The molecular weight excluding hydrogens is 188 g/mol. The fraction of sp³-hybridized carbons (Fsp3) is 0.538. The van der Waals surface area contributed by atoms with Crippen LogP contribution in [0.4, 0.5) is 0 Å². The van der Waals surface area contributed by atoms with Crippen LogP contribution in [0.5, 0.6) is 5.75 Å². The first-order valence-electron chi connectivity index (χ1n) is 5.49. The van der Waals surface area contributed by atoms with Crippen molar-refractivity contribution in [1.82, 2.24) is 0 Å². The second-order valence-corrected chi connectivity index (χ2v) is 4.04. The van der Waals surface area contributed by atoms with Crippen LogP contribution in [0.2, 0.25) is 0 Å². The molecule has 1 N–H and O–H groups in total. The van der Waals surface area contributed by atoms with Gasteiger partial charge in [-0.1, -0.05) is 13.0 Å². The minimum Gasteiger partial charge on any atom is -0.490 e. The van der Waals surface area contributed by atoms with Crippen LogP contribution >= 0.6 is 0 Å². The average molecular weight is 208 g/mol. The van der Waals surface area contributed by atoms with E-state index >= 15 is 0 Å². The van der Waals surface area contributed by atoms with E-state index in [-0.39, 0.29) is 6.10 Å². The third-order valence-corrected chi connectivity index (χ3v) is 2.58. The molecular formula is C13H20O2. The van der Waals surface area contributed by atoms with E-state index in [1.54, 1.807) is 6.92 Å². The van der Waals surface area contributed by atoms with Crippen molar-refractivity contribution in [3.05, 3.63) is 29.3 Å². The van der Waals surface area contributed by atoms with Gasteiger partial charge in [-0.2, -0.15) is 0 Å². The van der Waals surface area contributed by atoms with Crippen LogP contribution < -0.4 is 4.74 Å². The van der Waals surface area contributed by atoms with E-state index in [4.69, 9.17) is 4.74 Å². The van der Waals surface area contributed by atoms with E-state index in [0.717, 1.165) is 23.3 Å². The minimum atomic E-state index is -0.415. The normalized spacial score (nSPS) is 14.7. The summed E-state index contributed by atoms with van der Waals surface area (Å²) in [6.45, 7) is 7.93. The number of ether oxygens (including phenoxy) is 1. The van der Waals surface area contributed by atoms with Gasteiger partial charge in [-0.05, 0) is 50.5 Å². The molecule has 1 aromatic carbocycles. The summed E-state index contributed by atoms with van der Waals surface area (Å²) in [4.78, 5) is 0. The fourth-order valence-electron chi connectivity index (χ4n) is 1.36. The zero-order valence-corrected chi connectivity index (χ0v) is 9.95. The van der Waals surface area contributed by atoms with Crippen LogP contribution in [0, 0.1) is 6.92 Å². The topological polar surface area (TPSA) is 29.5 Å². The van der Waals surface area contributed by atoms with Crippen LogP contribution in [-0.2, 0) is 0 Å². The monoisotopic (exact) mass is 208 g/mol. The standard InChI is InChI=1S/C13H20O2/c1-5-10(3)15-13-7-6-12(11(4)14)8-9(13)2/h6-8,10-11,14H,5H2,1-4H3/t10?,11-/m1/s1. The van der Waals surface area contributed by atoms with Crippen LogP contribution in [0.25, 0.3) is 0 Å². The van der Waals surface area contributed by atoms with Crippen LogP contribution in [0.3, 0.4) is 0 Å². The molecule has 0 saturated carbocycles. The second kappa shape index (κ2) is 5.17. The van der Waals surface area contributed by atoms with Gasteiger partial charge in [0.25, 0.3) is 0 Å². The molecule has 0 heterocycles. The molecule has 0 amide bonds. The molecule has 84 valence electrons. The summed E-state index contributed by atoms with van der Waals surface area (Å²) in [5.74, 6) is 0.911. The third kappa shape index (κ3) is 3.24. The Morgan fingerprint density at radius 2 is 2.00 bits per heavy atom. The lowest BCUT2D eigenvalue weighted by Gasteiger charge is -2.16. The smallest absolute Gasteiger partial charge is 0.122 e. The molecule has 0 saturated heterocycles. The minimum absolute atomic E-state index is 0.237. The number of hydrogen-bond acceptors (Lipinski definition) is 2. The molecule has 0 radical (unpaired) electrons. The van der Waals surface area contributed by atoms with Gasteiger partial charge in [-0.25, -0.2) is 0 Å². The lowest BCUT2D eigenvalue weighted by Crippen LogP contribution is -2.10. The van der Waals surface area contributed by atoms with Crippen molar-refractivity contribution < 1.29 is 9.84 Å². The Balaban J connectivity index is 2.83. The summed E-state index contributed by atoms with van der Waals surface area (Å²) < 4.78 is 5.75. The van der Waals surface area contributed by atoms with Crippen LogP contribution in [0.1, 0.15) is 44.4 Å². The zero-order valence-electron chi connectivity index (χ0n) is 9.95. The predicted octanol–water partition coefficient (Wildman–Crippen LogP) is 3.23. The number of benzene rings is 1. The molecule has 2 atom stereocenters. The summed E-state index contributed by atoms with van der Waals surface area (Å²) in [5.41, 5.74) is 2.01. The van der Waals surface area contributed by atoms with E-state index in [1.165, 1.54) is 0 Å². The molecule has 1 unspecified atom stereocenters. The number of hydrogen-bond donors (Lipinski definition) is 1. The van der Waals surface area contributed by atoms with Gasteiger partial charge >= 0.3 is 0 Å². The largest absolute Gasteiger partial charge is 0.490 e. The molecule has 1 rings (SSSR count). The molecule has 0 aliphatic heterocycles. The lowest BCUT2D eigenvalue weighted by atomic mass is 10.1. The molecule has 1 aromatic rings. The molecule has 0 aliphatic rings. The first kappa shape index (κ1) is 12.1. The Bertz CT molecular complexity index is 318. The van der Waals surface area contributed by atoms with E-state index in [2.05, 4.69) is 13.8 Å². The predicted molar refractivity (Wildman–Crippen MR) is 62.2 cm³/mol. The van der Waals surface area contributed by atoms with Gasteiger partial charge in [0.05, 0.1) is 12.2 Å². The molecule has 2 nitrogen and oxygen atoms in total. The highest BCUT2D eigenvalue weighted by atomic mass is 16.5. The van der Waals surface area contributed by atoms with Crippen molar-refractivity contribution in [2.75, 3.05) is 0 Å². The Labute approximate surface area is 91.9 Å². The molecule has 15 heavy (non-hydrogen) atoms. The Morgan fingerprint density at radius 3 is 2.47 bits per heavy atom. The number of aliphatic hydroxyl groups is 1. The van der Waals surface area contributed by atoms with Gasteiger partial charge in [0.1, 0.15) is 5.75 Å². The van der Waals surface area contributed by atoms with E-state index in [9.17, 15) is 5.11 Å². The average Bonchev–Trinajstić information content (AvgIpc) is 2.20. The maximum atomic E-state index is 9.43. The second-order valence-electron chi connectivity index (χ2n) is 4.04. The van der Waals surface area contributed by atoms with Gasteiger partial charge in [0.15, 0.2) is 0 Å². The third-order valence-electron chi connectivity index (χ3n) is 2.58. The number of aliphatic hydroxyl groups excluding tert-OH is 1. The van der Waals surface area contributed by atoms with Crippen molar-refractivity contribution >= 4 is 0 Å². The maximum absolute atomic E-state index is 9.43. The SMILES string of the molecule is CCC(C)Oc1ccc([C@@H](C)O)cc1C. The zero-order chi connectivity index (χ0) is 11.4. The van der Waals surface area contributed by atoms with E-state index in [1.807, 2.05) is 25.1 Å². The van der Waals surface area contributed by atoms with E-state index in [0.29, 0.717) is 0 Å². The van der Waals surface area contributed by atoms with Crippen LogP contribution in [-0.4, -0.2) is 11.2 Å². The van der Waals surface area contributed by atoms with Crippen LogP contribution in [0.15, 0.2) is 18.2 Å². The summed E-state index contributed by atoms with van der Waals surface area (Å²) in [7, 11) is 0. The Hall–Kier alpha value is -1.02. The summed E-state index contributed by atoms with van der Waals surface area (Å²) in [6.07, 6.45) is 0.819. The number of rotatable bonds is 4. The molecule has 0 bridgehead atoms. The summed E-state index contributed by atoms with van der Waals surface area (Å²) in [5, 5.41) is 9.43. The highest BCUT2D eigenvalue weighted by Gasteiger charge is 2.07. The first-order chi connectivity index (χ1) is 7.04. The maximum Gasteiger partial charge on any atom is 0.122 e. The summed E-state index contributed by atoms with van der Waals surface area (Å²) >= 11 is 0. The van der Waals surface area contributed by atoms with Gasteiger partial charge < -0.3 is 9.84 Å². The van der Waals surface area contributed by atoms with Gasteiger partial charge in [-0.3, -0.25) is 0 Å². The quantitative estimate of drug-likeness (QED) is 0.823. The molecule has 0 spiro atoms. The van der Waals surface area contributed by atoms with Gasteiger partial charge in [-0.15, -0.1) is 0 Å². The Kier molecular flexibility index (Phi) is 4.15. The summed E-state index contributed by atoms with van der Waals surface area (Å²) in [6, 6.07) is 5.82. The lowest BCUT2D eigenvalue weighted by molar-refractivity contribution is 0.198. The van der Waals surface area contributed by atoms with Crippen molar-refractivity contribution in [2.24, 2.45) is 0 Å². The van der Waals surface area contributed by atoms with Crippen molar-refractivity contribution in [1.29, 1.82) is 0 Å². The van der Waals surface area contributed by atoms with E-state index < -0.39 is 6.10 Å². The fourth-order valence-corrected chi connectivity index (χ4v) is 1.36.